The third-order valence-corrected chi connectivity index (χ3v) is 6.13. The third kappa shape index (κ3) is 4.84. The van der Waals surface area contributed by atoms with Gasteiger partial charge in [0.2, 0.25) is 0 Å². The minimum absolute atomic E-state index is 0.0965. The molecule has 0 aliphatic rings. The Balaban J connectivity index is 1.83. The minimum atomic E-state index is -4.24. The average Bonchev–Trinajstić information content (AvgIpc) is 3.30. The SMILES string of the molecule is C[C@@H](n1cnc2cc(/C(N)=N/S(N)(=O)=O)ccc2c1=O)[C@](O)(Cn1cncn1)c1ccc(F)cc1F. The molecule has 5 N–H and O–H groups in total. The fourth-order valence-corrected chi connectivity index (χ4v) is 4.21. The summed E-state index contributed by atoms with van der Waals surface area (Å²) in [6, 6.07) is 5.64. The summed E-state index contributed by atoms with van der Waals surface area (Å²) in [4.78, 5) is 21.4. The number of halogens is 2. The number of nitrogens with zero attached hydrogens (tertiary/aromatic N) is 6. The van der Waals surface area contributed by atoms with Gasteiger partial charge in [0.15, 0.2) is 0 Å². The van der Waals surface area contributed by atoms with E-state index in [1.807, 2.05) is 0 Å². The molecule has 15 heteroatoms. The van der Waals surface area contributed by atoms with Crippen LogP contribution >= 0.6 is 0 Å². The molecule has 0 saturated carbocycles. The molecule has 12 nitrogen and oxygen atoms in total. The van der Waals surface area contributed by atoms with E-state index in [0.29, 0.717) is 6.07 Å². The molecule has 2 atom stereocenters. The highest BCUT2D eigenvalue weighted by Crippen LogP contribution is 2.36. The van der Waals surface area contributed by atoms with Crippen LogP contribution in [0.4, 0.5) is 8.78 Å². The molecule has 2 aromatic carbocycles. The van der Waals surface area contributed by atoms with Gasteiger partial charge < -0.3 is 10.8 Å². The van der Waals surface area contributed by atoms with Gasteiger partial charge in [0.1, 0.15) is 35.7 Å². The van der Waals surface area contributed by atoms with Crippen molar-refractivity contribution in [2.24, 2.45) is 15.3 Å². The number of rotatable bonds is 7. The van der Waals surface area contributed by atoms with Crippen LogP contribution in [0.25, 0.3) is 10.9 Å². The first kappa shape index (κ1) is 25.0. The van der Waals surface area contributed by atoms with E-state index in [9.17, 15) is 27.1 Å². The van der Waals surface area contributed by atoms with Crippen molar-refractivity contribution < 1.29 is 22.3 Å². The second kappa shape index (κ2) is 9.18. The van der Waals surface area contributed by atoms with Gasteiger partial charge in [-0.25, -0.2) is 28.6 Å². The Hall–Kier alpha value is -4.08. The summed E-state index contributed by atoms with van der Waals surface area (Å²) in [6.45, 7) is 1.15. The molecule has 0 aliphatic heterocycles. The van der Waals surface area contributed by atoms with Crippen molar-refractivity contribution in [3.05, 3.63) is 88.5 Å². The number of nitrogens with two attached hydrogens (primary N) is 2. The molecule has 2 heterocycles. The smallest absolute Gasteiger partial charge is 0.319 e. The maximum atomic E-state index is 14.8. The Labute approximate surface area is 202 Å². The largest absolute Gasteiger partial charge is 0.382 e. The molecule has 0 radical (unpaired) electrons. The summed E-state index contributed by atoms with van der Waals surface area (Å²) in [5.74, 6) is -2.24. The van der Waals surface area contributed by atoms with Crippen LogP contribution in [0.2, 0.25) is 0 Å². The van der Waals surface area contributed by atoms with Crippen molar-refractivity contribution in [3.63, 3.8) is 0 Å². The summed E-state index contributed by atoms with van der Waals surface area (Å²) in [5.41, 5.74) is 3.04. The second-order valence-electron chi connectivity index (χ2n) is 8.00. The fourth-order valence-electron chi connectivity index (χ4n) is 3.83. The zero-order valence-corrected chi connectivity index (χ0v) is 19.5. The predicted octanol–water partition coefficient (Wildman–Crippen LogP) is 0.324. The Bertz CT molecular complexity index is 1640. The number of aliphatic hydroxyl groups is 1. The van der Waals surface area contributed by atoms with Crippen LogP contribution in [0.15, 0.2) is 64.6 Å². The van der Waals surface area contributed by atoms with Crippen molar-refractivity contribution in [1.29, 1.82) is 0 Å². The average molecular weight is 519 g/mol. The first-order valence-electron chi connectivity index (χ1n) is 10.3. The van der Waals surface area contributed by atoms with Crippen LogP contribution in [0.5, 0.6) is 0 Å². The molecule has 4 rings (SSSR count). The van der Waals surface area contributed by atoms with Crippen molar-refractivity contribution >= 4 is 26.9 Å². The summed E-state index contributed by atoms with van der Waals surface area (Å²) in [6.07, 6.45) is 3.66. The van der Waals surface area contributed by atoms with Gasteiger partial charge in [-0.15, -0.1) is 4.40 Å². The summed E-state index contributed by atoms with van der Waals surface area (Å²) < 4.78 is 56.3. The molecular weight excluding hydrogens is 498 g/mol. The summed E-state index contributed by atoms with van der Waals surface area (Å²) in [5, 5.41) is 20.6. The van der Waals surface area contributed by atoms with Crippen molar-refractivity contribution in [2.75, 3.05) is 0 Å². The Morgan fingerprint density at radius 3 is 2.61 bits per heavy atom. The standard InChI is InChI=1S/C21H20F2N8O4S/c1-12(21(33,8-30-10-26-9-28-30)16-5-3-14(22)7-17(16)23)31-11-27-18-6-13(2-4-15(18)20(31)32)19(24)29-36(25,34)35/h2-7,9-12,33H,8H2,1H3,(H2,24,29)(H2,25,34,35)/t12-,21-/m1/s1. The molecule has 36 heavy (non-hydrogen) atoms. The van der Waals surface area contributed by atoms with E-state index >= 15 is 0 Å². The molecule has 0 amide bonds. The Morgan fingerprint density at radius 2 is 1.97 bits per heavy atom. The highest BCUT2D eigenvalue weighted by molar-refractivity contribution is 7.88. The zero-order valence-electron chi connectivity index (χ0n) is 18.7. The molecule has 2 aromatic heterocycles. The van der Waals surface area contributed by atoms with Crippen molar-refractivity contribution in [3.8, 4) is 0 Å². The first-order valence-corrected chi connectivity index (χ1v) is 11.8. The van der Waals surface area contributed by atoms with Gasteiger partial charge in [-0.2, -0.15) is 13.5 Å². The van der Waals surface area contributed by atoms with E-state index in [2.05, 4.69) is 19.5 Å². The predicted molar refractivity (Wildman–Crippen MR) is 125 cm³/mol. The lowest BCUT2D eigenvalue weighted by molar-refractivity contribution is -0.0343. The maximum Gasteiger partial charge on any atom is 0.319 e. The van der Waals surface area contributed by atoms with E-state index < -0.39 is 44.9 Å². The quantitative estimate of drug-likeness (QED) is 0.231. The molecule has 0 saturated heterocycles. The van der Waals surface area contributed by atoms with Crippen LogP contribution in [-0.4, -0.2) is 43.7 Å². The van der Waals surface area contributed by atoms with Gasteiger partial charge in [-0.3, -0.25) is 9.36 Å². The van der Waals surface area contributed by atoms with E-state index in [1.165, 1.54) is 42.5 Å². The van der Waals surface area contributed by atoms with E-state index in [4.69, 9.17) is 10.9 Å². The highest BCUT2D eigenvalue weighted by Gasteiger charge is 2.41. The Morgan fingerprint density at radius 1 is 1.22 bits per heavy atom. The van der Waals surface area contributed by atoms with Crippen LogP contribution < -0.4 is 16.4 Å². The monoisotopic (exact) mass is 518 g/mol. The maximum absolute atomic E-state index is 14.8. The number of hydrogen-bond acceptors (Lipinski definition) is 7. The first-order chi connectivity index (χ1) is 16.9. The van der Waals surface area contributed by atoms with Crippen molar-refractivity contribution in [2.45, 2.75) is 25.1 Å². The molecule has 0 fully saturated rings. The van der Waals surface area contributed by atoms with Gasteiger partial charge in [-0.1, -0.05) is 12.1 Å². The van der Waals surface area contributed by atoms with Gasteiger partial charge in [-0.05, 0) is 25.1 Å². The number of benzene rings is 2. The van der Waals surface area contributed by atoms with Crippen LogP contribution in [0.1, 0.15) is 24.1 Å². The normalized spacial score (nSPS) is 15.1. The van der Waals surface area contributed by atoms with E-state index in [0.717, 1.165) is 23.0 Å². The van der Waals surface area contributed by atoms with Crippen molar-refractivity contribution in [1.82, 2.24) is 24.3 Å². The molecule has 188 valence electrons. The highest BCUT2D eigenvalue weighted by atomic mass is 32.2. The summed E-state index contributed by atoms with van der Waals surface area (Å²) >= 11 is 0. The Kier molecular flexibility index (Phi) is 6.38. The number of amidine groups is 1. The third-order valence-electron chi connectivity index (χ3n) is 5.68. The van der Waals surface area contributed by atoms with Gasteiger partial charge in [0, 0.05) is 17.2 Å². The van der Waals surface area contributed by atoms with E-state index in [1.54, 1.807) is 0 Å². The van der Waals surface area contributed by atoms with E-state index in [-0.39, 0.29) is 28.6 Å². The zero-order chi connectivity index (χ0) is 26.3. The van der Waals surface area contributed by atoms with Crippen LogP contribution in [0.3, 0.4) is 0 Å². The molecular formula is C21H20F2N8O4S. The van der Waals surface area contributed by atoms with Crippen LogP contribution in [-0.2, 0) is 22.4 Å². The lowest BCUT2D eigenvalue weighted by Gasteiger charge is -2.35. The van der Waals surface area contributed by atoms with Gasteiger partial charge >= 0.3 is 10.2 Å². The fraction of sp³-hybridized carbons (Fsp3) is 0.190. The van der Waals surface area contributed by atoms with Gasteiger partial charge in [0.05, 0.1) is 29.8 Å². The van der Waals surface area contributed by atoms with Gasteiger partial charge in [0.25, 0.3) is 5.56 Å². The molecule has 0 unspecified atom stereocenters. The number of hydrogen-bond donors (Lipinski definition) is 3. The molecule has 0 aliphatic carbocycles. The lowest BCUT2D eigenvalue weighted by atomic mass is 9.86. The van der Waals surface area contributed by atoms with Crippen LogP contribution in [0, 0.1) is 11.6 Å². The number of fused-ring (bicyclic) bond motifs is 1. The minimum Gasteiger partial charge on any atom is -0.382 e. The topological polar surface area (TPSA) is 184 Å². The summed E-state index contributed by atoms with van der Waals surface area (Å²) in [7, 11) is -4.24. The molecule has 0 spiro atoms. The number of aromatic nitrogens is 5. The lowest BCUT2D eigenvalue weighted by Crippen LogP contribution is -2.43. The second-order valence-corrected chi connectivity index (χ2v) is 9.21. The molecule has 4 aromatic rings. The molecule has 0 bridgehead atoms.